The molecule has 3 amide bonds. The Morgan fingerprint density at radius 1 is 0.962 bits per heavy atom. The summed E-state index contributed by atoms with van der Waals surface area (Å²) >= 11 is 1.52. The third kappa shape index (κ3) is 9.62. The Morgan fingerprint density at radius 2 is 1.50 bits per heavy atom. The lowest BCUT2D eigenvalue weighted by atomic mass is 10.0. The third-order valence-corrected chi connectivity index (χ3v) is 4.09. The van der Waals surface area contributed by atoms with Crippen LogP contribution in [0.15, 0.2) is 0 Å². The van der Waals surface area contributed by atoms with E-state index in [1.807, 2.05) is 20.1 Å². The second-order valence-corrected chi connectivity index (χ2v) is 7.29. The fraction of sp³-hybridized carbons (Fsp3) is 0.750. The van der Waals surface area contributed by atoms with Crippen molar-refractivity contribution in [3.63, 3.8) is 0 Å². The van der Waals surface area contributed by atoms with Gasteiger partial charge in [-0.25, -0.2) is 4.79 Å². The number of rotatable bonds is 12. The van der Waals surface area contributed by atoms with Crippen molar-refractivity contribution in [1.29, 1.82) is 0 Å². The zero-order valence-electron chi connectivity index (χ0n) is 15.6. The molecule has 0 saturated carbocycles. The maximum absolute atomic E-state index is 12.5. The number of aliphatic carboxylic acids is 1. The predicted octanol–water partition coefficient (Wildman–Crippen LogP) is -0.663. The first-order chi connectivity index (χ1) is 12.1. The highest BCUT2D eigenvalue weighted by atomic mass is 32.2. The van der Waals surface area contributed by atoms with E-state index in [4.69, 9.17) is 10.2 Å². The number of aliphatic hydroxyl groups excluding tert-OH is 1. The van der Waals surface area contributed by atoms with Crippen LogP contribution in [0.5, 0.6) is 0 Å². The van der Waals surface area contributed by atoms with Crippen LogP contribution in [0.3, 0.4) is 0 Å². The maximum atomic E-state index is 12.5. The summed E-state index contributed by atoms with van der Waals surface area (Å²) in [5, 5.41) is 25.3. The number of carbonyl (C=O) groups excluding carboxylic acids is 3. The molecule has 0 aromatic carbocycles. The van der Waals surface area contributed by atoms with Crippen molar-refractivity contribution < 1.29 is 29.4 Å². The van der Waals surface area contributed by atoms with Gasteiger partial charge in [-0.15, -0.1) is 0 Å². The van der Waals surface area contributed by atoms with E-state index in [-0.39, 0.29) is 18.2 Å². The van der Waals surface area contributed by atoms with Gasteiger partial charge in [0.05, 0.1) is 6.61 Å². The number of aliphatic hydroxyl groups is 1. The number of carboxylic acids is 1. The summed E-state index contributed by atoms with van der Waals surface area (Å²) in [7, 11) is 0. The van der Waals surface area contributed by atoms with Gasteiger partial charge >= 0.3 is 5.97 Å². The van der Waals surface area contributed by atoms with Crippen molar-refractivity contribution in [2.45, 2.75) is 51.7 Å². The van der Waals surface area contributed by atoms with Crippen LogP contribution in [-0.2, 0) is 19.2 Å². The number of thioether (sulfide) groups is 1. The van der Waals surface area contributed by atoms with Crippen molar-refractivity contribution in [3.05, 3.63) is 0 Å². The molecule has 0 bridgehead atoms. The molecule has 0 aromatic rings. The lowest BCUT2D eigenvalue weighted by Gasteiger charge is -2.25. The van der Waals surface area contributed by atoms with Gasteiger partial charge in [-0.1, -0.05) is 13.8 Å². The van der Waals surface area contributed by atoms with Crippen LogP contribution < -0.4 is 16.0 Å². The minimum atomic E-state index is -1.45. The zero-order valence-corrected chi connectivity index (χ0v) is 16.4. The van der Waals surface area contributed by atoms with Crippen molar-refractivity contribution >= 4 is 35.5 Å². The number of carboxylic acid groups (broad SMARTS) is 1. The predicted molar refractivity (Wildman–Crippen MR) is 98.6 cm³/mol. The normalized spacial score (nSPS) is 14.2. The fourth-order valence-corrected chi connectivity index (χ4v) is 2.65. The molecule has 9 nitrogen and oxygen atoms in total. The van der Waals surface area contributed by atoms with Crippen LogP contribution >= 0.6 is 11.8 Å². The van der Waals surface area contributed by atoms with Crippen molar-refractivity contribution in [2.75, 3.05) is 18.6 Å². The van der Waals surface area contributed by atoms with Gasteiger partial charge in [-0.3, -0.25) is 14.4 Å². The lowest BCUT2D eigenvalue weighted by molar-refractivity contribution is -0.143. The minimum absolute atomic E-state index is 0.0499. The molecule has 0 aliphatic carbocycles. The molecule has 5 N–H and O–H groups in total. The van der Waals surface area contributed by atoms with Crippen molar-refractivity contribution in [1.82, 2.24) is 16.0 Å². The lowest BCUT2D eigenvalue weighted by Crippen LogP contribution is -2.56. The highest BCUT2D eigenvalue weighted by molar-refractivity contribution is 7.98. The molecule has 0 saturated heterocycles. The summed E-state index contributed by atoms with van der Waals surface area (Å²) in [6, 6.07) is -3.20. The van der Waals surface area contributed by atoms with Gasteiger partial charge in [0.1, 0.15) is 18.1 Å². The summed E-state index contributed by atoms with van der Waals surface area (Å²) in [6.07, 6.45) is 2.56. The van der Waals surface area contributed by atoms with Gasteiger partial charge in [0.15, 0.2) is 0 Å². The van der Waals surface area contributed by atoms with Gasteiger partial charge in [-0.05, 0) is 30.8 Å². The van der Waals surface area contributed by atoms with E-state index in [9.17, 15) is 19.2 Å². The molecule has 3 atom stereocenters. The molecule has 0 aliphatic heterocycles. The van der Waals surface area contributed by atoms with Crippen LogP contribution in [0.1, 0.15) is 33.6 Å². The first-order valence-corrected chi connectivity index (χ1v) is 9.72. The second-order valence-electron chi connectivity index (χ2n) is 6.31. The van der Waals surface area contributed by atoms with E-state index in [2.05, 4.69) is 16.0 Å². The number of hydrogen-bond donors (Lipinski definition) is 5. The van der Waals surface area contributed by atoms with E-state index in [0.717, 1.165) is 0 Å². The van der Waals surface area contributed by atoms with Crippen LogP contribution in [0.25, 0.3) is 0 Å². The van der Waals surface area contributed by atoms with Crippen LogP contribution in [0, 0.1) is 5.92 Å². The topological polar surface area (TPSA) is 145 Å². The SMILES string of the molecule is CSCCC(NC(C)=O)C(=O)NC(CC(C)C)C(=O)NC(CO)C(=O)O. The van der Waals surface area contributed by atoms with E-state index in [0.29, 0.717) is 12.2 Å². The zero-order chi connectivity index (χ0) is 20.3. The molecule has 0 aliphatic rings. The highest BCUT2D eigenvalue weighted by Gasteiger charge is 2.29. The molecule has 0 aromatic heterocycles. The minimum Gasteiger partial charge on any atom is -0.480 e. The molecular formula is C16H29N3O6S. The third-order valence-electron chi connectivity index (χ3n) is 3.44. The van der Waals surface area contributed by atoms with Crippen molar-refractivity contribution in [2.24, 2.45) is 5.92 Å². The number of amides is 3. The largest absolute Gasteiger partial charge is 0.480 e. The average Bonchev–Trinajstić information content (AvgIpc) is 2.54. The van der Waals surface area contributed by atoms with E-state index >= 15 is 0 Å². The quantitative estimate of drug-likeness (QED) is 0.297. The van der Waals surface area contributed by atoms with Gasteiger partial charge in [-0.2, -0.15) is 11.8 Å². The number of nitrogens with one attached hydrogen (secondary N) is 3. The summed E-state index contributed by atoms with van der Waals surface area (Å²) in [4.78, 5) is 47.1. The monoisotopic (exact) mass is 391 g/mol. The fourth-order valence-electron chi connectivity index (χ4n) is 2.18. The summed E-state index contributed by atoms with van der Waals surface area (Å²) in [6.45, 7) is 4.25. The van der Waals surface area contributed by atoms with Gasteiger partial charge in [0, 0.05) is 6.92 Å². The Hall–Kier alpha value is -1.81. The molecule has 0 heterocycles. The average molecular weight is 391 g/mol. The van der Waals surface area contributed by atoms with E-state index in [1.165, 1.54) is 18.7 Å². The molecule has 3 unspecified atom stereocenters. The standard InChI is InChI=1S/C16H29N3O6S/c1-9(2)7-12(15(23)19-13(8-20)16(24)25)18-14(22)11(5-6-26-4)17-10(3)21/h9,11-13,20H,5-8H2,1-4H3,(H,17,21)(H,18,22)(H,19,23)(H,24,25). The molecule has 26 heavy (non-hydrogen) atoms. The summed E-state index contributed by atoms with van der Waals surface area (Å²) < 4.78 is 0. The molecule has 0 rings (SSSR count). The number of carbonyl (C=O) groups is 4. The highest BCUT2D eigenvalue weighted by Crippen LogP contribution is 2.08. The van der Waals surface area contributed by atoms with Gasteiger partial charge in [0.25, 0.3) is 0 Å². The Morgan fingerprint density at radius 3 is 1.92 bits per heavy atom. The van der Waals surface area contributed by atoms with E-state index < -0.39 is 42.5 Å². The van der Waals surface area contributed by atoms with Gasteiger partial charge in [0.2, 0.25) is 17.7 Å². The van der Waals surface area contributed by atoms with Crippen LogP contribution in [-0.4, -0.2) is 70.6 Å². The molecule has 10 heteroatoms. The van der Waals surface area contributed by atoms with Crippen LogP contribution in [0.2, 0.25) is 0 Å². The molecular weight excluding hydrogens is 362 g/mol. The van der Waals surface area contributed by atoms with Crippen LogP contribution in [0.4, 0.5) is 0 Å². The van der Waals surface area contributed by atoms with Gasteiger partial charge < -0.3 is 26.2 Å². The molecule has 0 fully saturated rings. The summed E-state index contributed by atoms with van der Waals surface area (Å²) in [5.74, 6) is -2.24. The summed E-state index contributed by atoms with van der Waals surface area (Å²) in [5.41, 5.74) is 0. The Bertz CT molecular complexity index is 500. The second kappa shape index (κ2) is 12.5. The molecule has 0 radical (unpaired) electrons. The van der Waals surface area contributed by atoms with E-state index in [1.54, 1.807) is 0 Å². The van der Waals surface area contributed by atoms with Crippen molar-refractivity contribution in [3.8, 4) is 0 Å². The Balaban J connectivity index is 5.14. The maximum Gasteiger partial charge on any atom is 0.328 e. The smallest absolute Gasteiger partial charge is 0.328 e. The molecule has 150 valence electrons. The Labute approximate surface area is 157 Å². The molecule has 0 spiro atoms. The Kier molecular flexibility index (Phi) is 11.7. The number of hydrogen-bond acceptors (Lipinski definition) is 6. The first-order valence-electron chi connectivity index (χ1n) is 8.32. The first kappa shape index (κ1) is 24.2.